The first kappa shape index (κ1) is 13.8. The Morgan fingerprint density at radius 3 is 2.95 bits per heavy atom. The lowest BCUT2D eigenvalue weighted by Crippen LogP contribution is -2.31. The number of nitrogens with zero attached hydrogens (tertiary/aromatic N) is 1. The molecule has 1 saturated heterocycles. The molecule has 1 heterocycles. The van der Waals surface area contributed by atoms with E-state index in [1.54, 1.807) is 11.8 Å². The Kier molecular flexibility index (Phi) is 4.18. The van der Waals surface area contributed by atoms with Crippen LogP contribution in [-0.4, -0.2) is 24.5 Å². The lowest BCUT2D eigenvalue weighted by molar-refractivity contribution is 0.0898. The lowest BCUT2D eigenvalue weighted by Gasteiger charge is -2.21. The highest BCUT2D eigenvalue weighted by Crippen LogP contribution is 2.40. The van der Waals surface area contributed by atoms with Crippen LogP contribution in [0.25, 0.3) is 0 Å². The Hall–Kier alpha value is -1.18. The maximum absolute atomic E-state index is 9.45. The first-order valence-electron chi connectivity index (χ1n) is 7.37. The zero-order valence-electron chi connectivity index (χ0n) is 11.8. The van der Waals surface area contributed by atoms with Gasteiger partial charge >= 0.3 is 0 Å². The van der Waals surface area contributed by atoms with E-state index in [1.165, 1.54) is 12.8 Å². The minimum atomic E-state index is 0.337. The van der Waals surface area contributed by atoms with Crippen LogP contribution in [0.5, 0.6) is 0 Å². The molecule has 1 aliphatic heterocycles. The van der Waals surface area contributed by atoms with Crippen LogP contribution in [0.15, 0.2) is 23.1 Å². The van der Waals surface area contributed by atoms with Crippen molar-refractivity contribution in [2.24, 2.45) is 5.92 Å². The van der Waals surface area contributed by atoms with E-state index in [4.69, 9.17) is 4.74 Å². The quantitative estimate of drug-likeness (QED) is 0.840. The molecule has 1 saturated carbocycles. The molecule has 2 unspecified atom stereocenters. The molecule has 0 radical (unpaired) electrons. The van der Waals surface area contributed by atoms with Gasteiger partial charge in [0.15, 0.2) is 0 Å². The number of anilines is 1. The molecule has 106 valence electrons. The van der Waals surface area contributed by atoms with Crippen molar-refractivity contribution < 1.29 is 4.74 Å². The number of hydrogen-bond acceptors (Lipinski definition) is 4. The second-order valence-electron chi connectivity index (χ2n) is 5.44. The van der Waals surface area contributed by atoms with Crippen LogP contribution in [0.1, 0.15) is 31.7 Å². The summed E-state index contributed by atoms with van der Waals surface area (Å²) in [6.45, 7) is 2.95. The summed E-state index contributed by atoms with van der Waals surface area (Å²) in [5.74, 6) is 1.71. The van der Waals surface area contributed by atoms with Crippen molar-refractivity contribution in [1.29, 1.82) is 5.26 Å². The van der Waals surface area contributed by atoms with E-state index in [2.05, 4.69) is 18.3 Å². The Morgan fingerprint density at radius 2 is 2.25 bits per heavy atom. The standard InChI is InChI=1S/C16H20N2OS/c1-2-20-15-5-3-4-13(12(15)10-17)18-14-8-9-19-16(14)11-6-7-11/h3-5,11,14,16,18H,2,6-9H2,1H3. The molecule has 1 N–H and O–H groups in total. The van der Waals surface area contributed by atoms with Crippen LogP contribution < -0.4 is 5.32 Å². The Morgan fingerprint density at radius 1 is 1.40 bits per heavy atom. The maximum Gasteiger partial charge on any atom is 0.102 e. The Labute approximate surface area is 124 Å². The highest BCUT2D eigenvalue weighted by molar-refractivity contribution is 7.99. The second kappa shape index (κ2) is 6.07. The van der Waals surface area contributed by atoms with Crippen LogP contribution >= 0.6 is 11.8 Å². The predicted molar refractivity (Wildman–Crippen MR) is 82.0 cm³/mol. The molecule has 2 atom stereocenters. The van der Waals surface area contributed by atoms with Gasteiger partial charge in [0.05, 0.1) is 23.4 Å². The van der Waals surface area contributed by atoms with Crippen LogP contribution in [0, 0.1) is 17.2 Å². The van der Waals surface area contributed by atoms with Gasteiger partial charge in [-0.25, -0.2) is 0 Å². The van der Waals surface area contributed by atoms with Gasteiger partial charge in [-0.15, -0.1) is 11.8 Å². The van der Waals surface area contributed by atoms with Gasteiger partial charge in [0, 0.05) is 11.5 Å². The Balaban J connectivity index is 1.79. The highest BCUT2D eigenvalue weighted by atomic mass is 32.2. The van der Waals surface area contributed by atoms with Crippen molar-refractivity contribution in [3.8, 4) is 6.07 Å². The maximum atomic E-state index is 9.45. The van der Waals surface area contributed by atoms with E-state index >= 15 is 0 Å². The van der Waals surface area contributed by atoms with Crippen LogP contribution in [-0.2, 0) is 4.74 Å². The number of benzene rings is 1. The summed E-state index contributed by atoms with van der Waals surface area (Å²) in [5, 5.41) is 13.0. The highest BCUT2D eigenvalue weighted by Gasteiger charge is 2.40. The SMILES string of the molecule is CCSc1cccc(NC2CCOC2C2CC2)c1C#N. The minimum absolute atomic E-state index is 0.337. The topological polar surface area (TPSA) is 45.0 Å². The van der Waals surface area contributed by atoms with Gasteiger partial charge in [-0.3, -0.25) is 0 Å². The van der Waals surface area contributed by atoms with Crippen molar-refractivity contribution in [2.45, 2.75) is 43.2 Å². The van der Waals surface area contributed by atoms with Crippen molar-refractivity contribution in [3.63, 3.8) is 0 Å². The van der Waals surface area contributed by atoms with Gasteiger partial charge in [0.1, 0.15) is 6.07 Å². The average molecular weight is 288 g/mol. The summed E-state index contributed by atoms with van der Waals surface area (Å²) in [6, 6.07) is 8.79. The fraction of sp³-hybridized carbons (Fsp3) is 0.562. The monoisotopic (exact) mass is 288 g/mol. The molecular formula is C16H20N2OS. The fourth-order valence-corrected chi connectivity index (χ4v) is 3.68. The third-order valence-corrected chi connectivity index (χ3v) is 4.94. The van der Waals surface area contributed by atoms with Crippen LogP contribution in [0.4, 0.5) is 5.69 Å². The van der Waals surface area contributed by atoms with Gasteiger partial charge in [-0.05, 0) is 43.1 Å². The number of ether oxygens (including phenoxy) is 1. The van der Waals surface area contributed by atoms with Gasteiger partial charge in [-0.1, -0.05) is 13.0 Å². The first-order chi connectivity index (χ1) is 9.83. The number of thioether (sulfide) groups is 1. The smallest absolute Gasteiger partial charge is 0.102 e. The molecule has 1 aromatic rings. The van der Waals surface area contributed by atoms with E-state index in [1.807, 2.05) is 18.2 Å². The van der Waals surface area contributed by atoms with Gasteiger partial charge in [-0.2, -0.15) is 5.26 Å². The predicted octanol–water partition coefficient (Wildman–Crippen LogP) is 3.65. The minimum Gasteiger partial charge on any atom is -0.378 e. The molecule has 2 fully saturated rings. The fourth-order valence-electron chi connectivity index (χ4n) is 2.90. The summed E-state index contributed by atoms with van der Waals surface area (Å²) in [7, 11) is 0. The number of rotatable bonds is 5. The van der Waals surface area contributed by atoms with Crippen molar-refractivity contribution in [2.75, 3.05) is 17.7 Å². The summed E-state index contributed by atoms with van der Waals surface area (Å²) in [4.78, 5) is 1.07. The van der Waals surface area contributed by atoms with E-state index in [9.17, 15) is 5.26 Å². The average Bonchev–Trinajstić information content (AvgIpc) is 3.20. The zero-order chi connectivity index (χ0) is 13.9. The molecule has 0 spiro atoms. The van der Waals surface area contributed by atoms with Crippen molar-refractivity contribution in [1.82, 2.24) is 0 Å². The molecule has 1 aliphatic carbocycles. The molecule has 3 rings (SSSR count). The summed E-state index contributed by atoms with van der Waals surface area (Å²) >= 11 is 1.72. The van der Waals surface area contributed by atoms with Crippen molar-refractivity contribution in [3.05, 3.63) is 23.8 Å². The Bertz CT molecular complexity index is 522. The van der Waals surface area contributed by atoms with Gasteiger partial charge in [0.25, 0.3) is 0 Å². The second-order valence-corrected chi connectivity index (χ2v) is 6.74. The summed E-state index contributed by atoms with van der Waals surface area (Å²) in [5.41, 5.74) is 1.74. The zero-order valence-corrected chi connectivity index (χ0v) is 12.6. The number of nitriles is 1. The molecule has 0 aromatic heterocycles. The van der Waals surface area contributed by atoms with E-state index in [-0.39, 0.29) is 0 Å². The van der Waals surface area contributed by atoms with Crippen molar-refractivity contribution >= 4 is 17.4 Å². The molecule has 20 heavy (non-hydrogen) atoms. The van der Waals surface area contributed by atoms with Crippen LogP contribution in [0.2, 0.25) is 0 Å². The van der Waals surface area contributed by atoms with Gasteiger partial charge in [0.2, 0.25) is 0 Å². The first-order valence-corrected chi connectivity index (χ1v) is 8.36. The summed E-state index contributed by atoms with van der Waals surface area (Å²) < 4.78 is 5.86. The molecule has 0 bridgehead atoms. The van der Waals surface area contributed by atoms with E-state index in [0.717, 1.165) is 40.8 Å². The molecular weight excluding hydrogens is 268 g/mol. The van der Waals surface area contributed by atoms with Crippen LogP contribution in [0.3, 0.4) is 0 Å². The van der Waals surface area contributed by atoms with Gasteiger partial charge < -0.3 is 10.1 Å². The van der Waals surface area contributed by atoms with E-state index < -0.39 is 0 Å². The molecule has 2 aliphatic rings. The molecule has 0 amide bonds. The third kappa shape index (κ3) is 2.79. The normalized spacial score (nSPS) is 25.4. The molecule has 1 aromatic carbocycles. The largest absolute Gasteiger partial charge is 0.378 e. The van der Waals surface area contributed by atoms with E-state index in [0.29, 0.717) is 12.1 Å². The lowest BCUT2D eigenvalue weighted by atomic mass is 10.0. The molecule has 4 heteroatoms. The number of nitrogens with one attached hydrogen (secondary N) is 1. The summed E-state index contributed by atoms with van der Waals surface area (Å²) in [6.07, 6.45) is 3.96. The third-order valence-electron chi connectivity index (χ3n) is 4.00. The molecule has 3 nitrogen and oxygen atoms in total. The number of hydrogen-bond donors (Lipinski definition) is 1.